The van der Waals surface area contributed by atoms with Crippen LogP contribution in [0.25, 0.3) is 11.2 Å². The van der Waals surface area contributed by atoms with Crippen LogP contribution in [-0.4, -0.2) is 50.2 Å². The number of nitrogens with one attached hydrogen (secondary N) is 1. The van der Waals surface area contributed by atoms with Gasteiger partial charge in [-0.3, -0.25) is 19.2 Å². The number of rotatable bonds is 5. The Bertz CT molecular complexity index is 1140. The first-order valence-electron chi connectivity index (χ1n) is 9.89. The van der Waals surface area contributed by atoms with Gasteiger partial charge in [0.25, 0.3) is 5.56 Å². The number of imidazole rings is 1. The maximum atomic E-state index is 12.5. The minimum atomic E-state index is -0.443. The van der Waals surface area contributed by atoms with E-state index in [2.05, 4.69) is 27.8 Å². The number of fused-ring (bicyclic) bond motifs is 1. The lowest BCUT2D eigenvalue weighted by Crippen LogP contribution is -2.46. The van der Waals surface area contributed by atoms with Crippen LogP contribution in [0.1, 0.15) is 18.9 Å². The minimum Gasteiger partial charge on any atom is -0.340 e. The van der Waals surface area contributed by atoms with Crippen LogP contribution in [0.5, 0.6) is 0 Å². The standard InChI is InChI=1S/C20H25ClN6O2/c1-3-7-27-16-17(24(2)20(29)23-18(16)28)22-19(27)26-10-8-25(9-11-26)13-14-5-4-6-15(21)12-14/h4-6,12H,3,7-11,13H2,1-2H3,(H,23,28,29). The molecule has 0 spiro atoms. The van der Waals surface area contributed by atoms with Crippen LogP contribution in [-0.2, 0) is 20.1 Å². The van der Waals surface area contributed by atoms with E-state index in [1.54, 1.807) is 7.05 Å². The van der Waals surface area contributed by atoms with Crippen molar-refractivity contribution in [3.8, 4) is 0 Å². The Hall–Kier alpha value is -2.58. The summed E-state index contributed by atoms with van der Waals surface area (Å²) in [4.78, 5) is 36.1. The van der Waals surface area contributed by atoms with Crippen molar-refractivity contribution in [2.75, 3.05) is 31.1 Å². The summed E-state index contributed by atoms with van der Waals surface area (Å²) in [6.07, 6.45) is 0.871. The molecule has 1 aliphatic heterocycles. The highest BCUT2D eigenvalue weighted by Gasteiger charge is 2.24. The summed E-state index contributed by atoms with van der Waals surface area (Å²) in [7, 11) is 1.64. The van der Waals surface area contributed by atoms with Gasteiger partial charge in [-0.05, 0) is 24.1 Å². The fraction of sp³-hybridized carbons (Fsp3) is 0.450. The van der Waals surface area contributed by atoms with Gasteiger partial charge in [0.1, 0.15) is 0 Å². The van der Waals surface area contributed by atoms with Crippen molar-refractivity contribution in [3.05, 3.63) is 55.7 Å². The highest BCUT2D eigenvalue weighted by atomic mass is 35.5. The highest BCUT2D eigenvalue weighted by Crippen LogP contribution is 2.22. The molecular weight excluding hydrogens is 392 g/mol. The third kappa shape index (κ3) is 3.82. The van der Waals surface area contributed by atoms with Crippen LogP contribution in [0.3, 0.4) is 0 Å². The number of halogens is 1. The smallest absolute Gasteiger partial charge is 0.329 e. The Morgan fingerprint density at radius 3 is 2.62 bits per heavy atom. The molecule has 1 aromatic carbocycles. The number of benzene rings is 1. The molecule has 1 saturated heterocycles. The molecule has 0 aliphatic carbocycles. The van der Waals surface area contributed by atoms with Gasteiger partial charge in [0.2, 0.25) is 5.95 Å². The van der Waals surface area contributed by atoms with Gasteiger partial charge in [0, 0.05) is 51.3 Å². The SMILES string of the molecule is CCCn1c(N2CCN(Cc3cccc(Cl)c3)CC2)nc2c1c(=O)[nH]c(=O)n2C. The van der Waals surface area contributed by atoms with E-state index in [9.17, 15) is 9.59 Å². The van der Waals surface area contributed by atoms with E-state index in [4.69, 9.17) is 16.6 Å². The van der Waals surface area contributed by atoms with Crippen LogP contribution in [0, 0.1) is 0 Å². The van der Waals surface area contributed by atoms with Gasteiger partial charge in [-0.25, -0.2) is 4.79 Å². The Morgan fingerprint density at radius 2 is 1.93 bits per heavy atom. The number of hydrogen-bond acceptors (Lipinski definition) is 5. The van der Waals surface area contributed by atoms with Crippen molar-refractivity contribution in [3.63, 3.8) is 0 Å². The highest BCUT2D eigenvalue weighted by molar-refractivity contribution is 6.30. The molecule has 4 rings (SSSR count). The third-order valence-corrected chi connectivity index (χ3v) is 5.62. The number of anilines is 1. The van der Waals surface area contributed by atoms with Crippen LogP contribution in [0.15, 0.2) is 33.9 Å². The van der Waals surface area contributed by atoms with Gasteiger partial charge in [-0.2, -0.15) is 4.98 Å². The number of H-pyrrole nitrogens is 1. The number of aromatic amines is 1. The fourth-order valence-corrected chi connectivity index (χ4v) is 4.11. The van der Waals surface area contributed by atoms with Gasteiger partial charge in [-0.1, -0.05) is 30.7 Å². The molecule has 2 aromatic heterocycles. The number of aromatic nitrogens is 4. The van der Waals surface area contributed by atoms with E-state index in [-0.39, 0.29) is 5.56 Å². The van der Waals surface area contributed by atoms with E-state index in [1.807, 2.05) is 22.8 Å². The molecule has 1 fully saturated rings. The molecule has 0 atom stereocenters. The summed E-state index contributed by atoms with van der Waals surface area (Å²) in [5.41, 5.74) is 1.27. The second-order valence-electron chi connectivity index (χ2n) is 7.45. The van der Waals surface area contributed by atoms with E-state index in [0.29, 0.717) is 17.7 Å². The molecule has 0 amide bonds. The van der Waals surface area contributed by atoms with Crippen molar-refractivity contribution < 1.29 is 0 Å². The zero-order valence-electron chi connectivity index (χ0n) is 16.7. The second-order valence-corrected chi connectivity index (χ2v) is 7.88. The Kier molecular flexibility index (Phi) is 5.47. The molecule has 8 nitrogen and oxygen atoms in total. The van der Waals surface area contributed by atoms with Crippen molar-refractivity contribution in [1.82, 2.24) is 24.0 Å². The normalized spacial score (nSPS) is 15.3. The molecule has 1 aliphatic rings. The average molecular weight is 417 g/mol. The lowest BCUT2D eigenvalue weighted by Gasteiger charge is -2.35. The van der Waals surface area contributed by atoms with E-state index < -0.39 is 5.69 Å². The van der Waals surface area contributed by atoms with E-state index in [1.165, 1.54) is 10.1 Å². The summed E-state index contributed by atoms with van der Waals surface area (Å²) in [5, 5.41) is 0.755. The van der Waals surface area contributed by atoms with Crippen molar-refractivity contribution in [2.45, 2.75) is 26.4 Å². The first-order valence-corrected chi connectivity index (χ1v) is 10.3. The van der Waals surface area contributed by atoms with Crippen LogP contribution in [0.2, 0.25) is 5.02 Å². The lowest BCUT2D eigenvalue weighted by atomic mass is 10.2. The Labute approximate surface area is 173 Å². The van der Waals surface area contributed by atoms with E-state index in [0.717, 1.165) is 50.1 Å². The molecule has 0 bridgehead atoms. The molecule has 29 heavy (non-hydrogen) atoms. The fourth-order valence-electron chi connectivity index (χ4n) is 3.90. The van der Waals surface area contributed by atoms with Gasteiger partial charge in [-0.15, -0.1) is 0 Å². The molecule has 3 aromatic rings. The summed E-state index contributed by atoms with van der Waals surface area (Å²) >= 11 is 6.10. The Balaban J connectivity index is 1.58. The summed E-state index contributed by atoms with van der Waals surface area (Å²) in [6.45, 7) is 6.98. The monoisotopic (exact) mass is 416 g/mol. The predicted molar refractivity (Wildman–Crippen MR) is 115 cm³/mol. The quantitative estimate of drug-likeness (QED) is 0.686. The largest absolute Gasteiger partial charge is 0.340 e. The van der Waals surface area contributed by atoms with Crippen molar-refractivity contribution >= 4 is 28.7 Å². The summed E-state index contributed by atoms with van der Waals surface area (Å²) in [6, 6.07) is 7.95. The van der Waals surface area contributed by atoms with Crippen LogP contribution < -0.4 is 16.1 Å². The first kappa shape index (κ1) is 19.7. The minimum absolute atomic E-state index is 0.380. The number of hydrogen-bond donors (Lipinski definition) is 1. The first-order chi connectivity index (χ1) is 14.0. The molecule has 3 heterocycles. The van der Waals surface area contributed by atoms with Gasteiger partial charge in [0.05, 0.1) is 0 Å². The molecule has 1 N–H and O–H groups in total. The number of piperazine rings is 1. The maximum Gasteiger partial charge on any atom is 0.329 e. The lowest BCUT2D eigenvalue weighted by molar-refractivity contribution is 0.248. The maximum absolute atomic E-state index is 12.5. The van der Waals surface area contributed by atoms with E-state index >= 15 is 0 Å². The molecule has 9 heteroatoms. The zero-order chi connectivity index (χ0) is 20.5. The number of nitrogens with zero attached hydrogens (tertiary/aromatic N) is 5. The predicted octanol–water partition coefficient (Wildman–Crippen LogP) is 1.81. The second kappa shape index (κ2) is 8.04. The number of aryl methyl sites for hydroxylation is 2. The third-order valence-electron chi connectivity index (χ3n) is 5.38. The van der Waals surface area contributed by atoms with Gasteiger partial charge in [0.15, 0.2) is 11.2 Å². The Morgan fingerprint density at radius 1 is 1.17 bits per heavy atom. The van der Waals surface area contributed by atoms with Crippen molar-refractivity contribution in [2.24, 2.45) is 7.05 Å². The molecule has 154 valence electrons. The average Bonchev–Trinajstić information content (AvgIpc) is 3.07. The van der Waals surface area contributed by atoms with Crippen LogP contribution >= 0.6 is 11.6 Å². The topological polar surface area (TPSA) is 79.2 Å². The van der Waals surface area contributed by atoms with Crippen molar-refractivity contribution in [1.29, 1.82) is 0 Å². The molecule has 0 saturated carbocycles. The zero-order valence-corrected chi connectivity index (χ0v) is 17.4. The summed E-state index contributed by atoms with van der Waals surface area (Å²) in [5.74, 6) is 0.760. The van der Waals surface area contributed by atoms with Crippen LogP contribution in [0.4, 0.5) is 5.95 Å². The summed E-state index contributed by atoms with van der Waals surface area (Å²) < 4.78 is 3.35. The van der Waals surface area contributed by atoms with Gasteiger partial charge < -0.3 is 9.47 Å². The van der Waals surface area contributed by atoms with Gasteiger partial charge >= 0.3 is 5.69 Å². The molecular formula is C20H25ClN6O2. The molecule has 0 radical (unpaired) electrons. The molecule has 0 unspecified atom stereocenters.